The Kier molecular flexibility index (Phi) is 4.74. The van der Waals surface area contributed by atoms with E-state index < -0.39 is 0 Å². The highest BCUT2D eigenvalue weighted by Crippen LogP contribution is 2.36. The maximum absolute atomic E-state index is 5.09. The predicted molar refractivity (Wildman–Crippen MR) is 125 cm³/mol. The molecule has 0 spiro atoms. The quantitative estimate of drug-likeness (QED) is 0.343. The highest BCUT2D eigenvalue weighted by Gasteiger charge is 2.17. The van der Waals surface area contributed by atoms with Crippen molar-refractivity contribution in [2.45, 2.75) is 6.92 Å². The zero-order valence-corrected chi connectivity index (χ0v) is 16.8. The third-order valence-corrected chi connectivity index (χ3v) is 5.33. The molecule has 0 saturated carbocycles. The number of rotatable bonds is 4. The molecule has 0 unspecified atom stereocenters. The van der Waals surface area contributed by atoms with Crippen LogP contribution in [0.25, 0.3) is 45.0 Å². The van der Waals surface area contributed by atoms with Gasteiger partial charge in [-0.15, -0.1) is 0 Å². The zero-order chi connectivity index (χ0) is 20.3. The predicted octanol–water partition coefficient (Wildman–Crippen LogP) is 7.39. The van der Waals surface area contributed by atoms with E-state index in [1.54, 1.807) is 0 Å². The van der Waals surface area contributed by atoms with Crippen LogP contribution >= 0.6 is 0 Å². The number of aryl methyl sites for hydroxylation is 1. The molecule has 30 heavy (non-hydrogen) atoms. The fourth-order valence-corrected chi connectivity index (χ4v) is 3.84. The molecule has 0 atom stereocenters. The van der Waals surface area contributed by atoms with Crippen LogP contribution in [0.4, 0.5) is 0 Å². The first kappa shape index (κ1) is 18.1. The third kappa shape index (κ3) is 3.44. The van der Waals surface area contributed by atoms with Gasteiger partial charge in [-0.25, -0.2) is 4.98 Å². The summed E-state index contributed by atoms with van der Waals surface area (Å²) in [4.78, 5) is 8.72. The van der Waals surface area contributed by atoms with Crippen molar-refractivity contribution in [3.05, 3.63) is 115 Å². The summed E-state index contributed by atoms with van der Waals surface area (Å²) in [6, 6.07) is 37.8. The second-order valence-corrected chi connectivity index (χ2v) is 7.46. The van der Waals surface area contributed by atoms with Gasteiger partial charge in [-0.2, -0.15) is 0 Å². The van der Waals surface area contributed by atoms with Crippen LogP contribution in [0.1, 0.15) is 5.56 Å². The Morgan fingerprint density at radius 1 is 0.567 bits per heavy atom. The van der Waals surface area contributed by atoms with Gasteiger partial charge in [-0.05, 0) is 18.1 Å². The summed E-state index contributed by atoms with van der Waals surface area (Å²) in [5.74, 6) is 0.881. The minimum atomic E-state index is 0.881. The summed E-state index contributed by atoms with van der Waals surface area (Å²) in [5.41, 5.74) is 8.95. The zero-order valence-electron chi connectivity index (χ0n) is 16.8. The van der Waals surface area contributed by atoms with Crippen molar-refractivity contribution >= 4 is 0 Å². The molecule has 144 valence electrons. The molecule has 0 saturated heterocycles. The number of aromatic nitrogens is 2. The summed E-state index contributed by atoms with van der Waals surface area (Å²) in [6.07, 6.45) is 0. The Bertz CT molecular complexity index is 1210. The lowest BCUT2D eigenvalue weighted by molar-refractivity contribution is 1.30. The van der Waals surface area contributed by atoms with Crippen LogP contribution in [0.3, 0.4) is 0 Å². The van der Waals surface area contributed by atoms with Crippen LogP contribution < -0.4 is 0 Å². The lowest BCUT2D eigenvalue weighted by atomic mass is 9.97. The smallest absolute Gasteiger partial charge is 0.139 e. The topological polar surface area (TPSA) is 28.7 Å². The van der Waals surface area contributed by atoms with E-state index in [2.05, 4.69) is 103 Å². The van der Waals surface area contributed by atoms with Crippen LogP contribution in [-0.2, 0) is 0 Å². The van der Waals surface area contributed by atoms with Gasteiger partial charge in [0.05, 0.1) is 11.4 Å². The normalized spacial score (nSPS) is 10.8. The molecule has 0 amide bonds. The Hall–Kier alpha value is -3.91. The number of aromatic amines is 1. The van der Waals surface area contributed by atoms with E-state index in [0.29, 0.717) is 0 Å². The molecule has 0 aliphatic heterocycles. The van der Waals surface area contributed by atoms with E-state index in [1.165, 1.54) is 16.7 Å². The molecule has 5 aromatic rings. The molecule has 1 heterocycles. The van der Waals surface area contributed by atoms with Crippen molar-refractivity contribution in [1.82, 2.24) is 9.97 Å². The van der Waals surface area contributed by atoms with Crippen molar-refractivity contribution in [2.75, 3.05) is 0 Å². The van der Waals surface area contributed by atoms with Crippen LogP contribution in [0.15, 0.2) is 109 Å². The maximum atomic E-state index is 5.09. The Morgan fingerprint density at radius 3 is 1.77 bits per heavy atom. The highest BCUT2D eigenvalue weighted by molar-refractivity contribution is 5.86. The first-order valence-electron chi connectivity index (χ1n) is 10.2. The average Bonchev–Trinajstić information content (AvgIpc) is 3.26. The standard InChI is InChI=1S/C28H22N2/c1-20-17-18-24(25(19-20)21-11-5-2-6-12-21)28-29-26(22-13-7-3-8-14-22)27(30-28)23-15-9-4-10-16-23/h2-19H,1H3,(H,29,30). The molecule has 0 bridgehead atoms. The van der Waals surface area contributed by atoms with E-state index in [0.717, 1.165) is 33.9 Å². The summed E-state index contributed by atoms with van der Waals surface area (Å²) in [6.45, 7) is 2.13. The Morgan fingerprint density at radius 2 is 1.13 bits per heavy atom. The van der Waals surface area contributed by atoms with Crippen molar-refractivity contribution in [3.8, 4) is 45.0 Å². The largest absolute Gasteiger partial charge is 0.337 e. The van der Waals surface area contributed by atoms with Gasteiger partial charge >= 0.3 is 0 Å². The van der Waals surface area contributed by atoms with Crippen molar-refractivity contribution in [2.24, 2.45) is 0 Å². The van der Waals surface area contributed by atoms with Gasteiger partial charge in [0.1, 0.15) is 5.82 Å². The van der Waals surface area contributed by atoms with Crippen LogP contribution in [0, 0.1) is 6.92 Å². The van der Waals surface area contributed by atoms with Gasteiger partial charge in [0.2, 0.25) is 0 Å². The van der Waals surface area contributed by atoms with Gasteiger partial charge in [0.15, 0.2) is 0 Å². The summed E-state index contributed by atoms with van der Waals surface area (Å²) in [7, 11) is 0. The second kappa shape index (κ2) is 7.84. The van der Waals surface area contributed by atoms with Crippen LogP contribution in [0.5, 0.6) is 0 Å². The fourth-order valence-electron chi connectivity index (χ4n) is 3.84. The molecular formula is C28H22N2. The molecule has 1 N–H and O–H groups in total. The molecular weight excluding hydrogens is 364 g/mol. The molecule has 0 aliphatic rings. The Labute approximate surface area is 176 Å². The average molecular weight is 386 g/mol. The van der Waals surface area contributed by atoms with E-state index >= 15 is 0 Å². The minimum absolute atomic E-state index is 0.881. The van der Waals surface area contributed by atoms with E-state index in [-0.39, 0.29) is 0 Å². The molecule has 0 aliphatic carbocycles. The number of benzene rings is 4. The van der Waals surface area contributed by atoms with Crippen molar-refractivity contribution in [3.63, 3.8) is 0 Å². The first-order chi connectivity index (χ1) is 14.8. The first-order valence-corrected chi connectivity index (χ1v) is 10.2. The molecule has 0 fully saturated rings. The molecule has 4 aromatic carbocycles. The van der Waals surface area contributed by atoms with Crippen molar-refractivity contribution < 1.29 is 0 Å². The van der Waals surface area contributed by atoms with E-state index in [9.17, 15) is 0 Å². The molecule has 1 aromatic heterocycles. The van der Waals surface area contributed by atoms with Crippen LogP contribution in [0.2, 0.25) is 0 Å². The van der Waals surface area contributed by atoms with Crippen molar-refractivity contribution in [1.29, 1.82) is 0 Å². The van der Waals surface area contributed by atoms with E-state index in [1.807, 2.05) is 18.2 Å². The van der Waals surface area contributed by atoms with E-state index in [4.69, 9.17) is 4.98 Å². The summed E-state index contributed by atoms with van der Waals surface area (Å²) < 4.78 is 0. The fraction of sp³-hybridized carbons (Fsp3) is 0.0357. The molecule has 5 rings (SSSR count). The lowest BCUT2D eigenvalue weighted by Gasteiger charge is -2.09. The monoisotopic (exact) mass is 386 g/mol. The van der Waals surface area contributed by atoms with Crippen LogP contribution in [-0.4, -0.2) is 9.97 Å². The second-order valence-electron chi connectivity index (χ2n) is 7.46. The minimum Gasteiger partial charge on any atom is -0.337 e. The number of hydrogen-bond donors (Lipinski definition) is 1. The number of nitrogens with zero attached hydrogens (tertiary/aromatic N) is 1. The summed E-state index contributed by atoms with van der Waals surface area (Å²) >= 11 is 0. The Balaban J connectivity index is 1.73. The maximum Gasteiger partial charge on any atom is 0.139 e. The van der Waals surface area contributed by atoms with Gasteiger partial charge in [-0.1, -0.05) is 115 Å². The number of imidazole rings is 1. The number of hydrogen-bond acceptors (Lipinski definition) is 1. The molecule has 2 heteroatoms. The van der Waals surface area contributed by atoms with Gasteiger partial charge in [-0.3, -0.25) is 0 Å². The third-order valence-electron chi connectivity index (χ3n) is 5.33. The van der Waals surface area contributed by atoms with Gasteiger partial charge in [0.25, 0.3) is 0 Å². The lowest BCUT2D eigenvalue weighted by Crippen LogP contribution is -1.88. The van der Waals surface area contributed by atoms with Gasteiger partial charge < -0.3 is 4.98 Å². The number of H-pyrrole nitrogens is 1. The van der Waals surface area contributed by atoms with Gasteiger partial charge in [0, 0.05) is 16.7 Å². The summed E-state index contributed by atoms with van der Waals surface area (Å²) in [5, 5.41) is 0. The molecule has 2 nitrogen and oxygen atoms in total. The molecule has 0 radical (unpaired) electrons. The number of nitrogens with one attached hydrogen (secondary N) is 1. The SMILES string of the molecule is Cc1ccc(-c2nc(-c3ccccc3)c(-c3ccccc3)[nH]2)c(-c2ccccc2)c1. The highest BCUT2D eigenvalue weighted by atomic mass is 14.9.